The number of amides is 1. The van der Waals surface area contributed by atoms with E-state index in [1.165, 1.54) is 12.1 Å². The van der Waals surface area contributed by atoms with Crippen molar-refractivity contribution in [3.05, 3.63) is 29.8 Å². The number of hydrogen-bond donors (Lipinski definition) is 1. The molecule has 0 aliphatic heterocycles. The van der Waals surface area contributed by atoms with Crippen molar-refractivity contribution >= 4 is 27.3 Å². The molecule has 0 spiro atoms. The lowest BCUT2D eigenvalue weighted by Gasteiger charge is -2.10. The Morgan fingerprint density at radius 3 is 2.68 bits per heavy atom. The van der Waals surface area contributed by atoms with Gasteiger partial charge in [0.15, 0.2) is 9.84 Å². The number of halogens is 1. The molecule has 19 heavy (non-hydrogen) atoms. The zero-order valence-electron chi connectivity index (χ0n) is 11.0. The van der Waals surface area contributed by atoms with Crippen LogP contribution in [0.2, 0.25) is 0 Å². The van der Waals surface area contributed by atoms with Gasteiger partial charge in [-0.25, -0.2) is 8.42 Å². The first kappa shape index (κ1) is 16.0. The van der Waals surface area contributed by atoms with Crippen LogP contribution in [0.15, 0.2) is 29.2 Å². The maximum absolute atomic E-state index is 11.9. The van der Waals surface area contributed by atoms with Crippen molar-refractivity contribution in [1.29, 1.82) is 0 Å². The quantitative estimate of drug-likeness (QED) is 0.820. The number of carbonyl (C=O) groups excluding carboxylic acids is 1. The number of nitrogens with one attached hydrogen (secondary N) is 1. The van der Waals surface area contributed by atoms with Gasteiger partial charge in [-0.2, -0.15) is 0 Å². The third-order valence-corrected chi connectivity index (χ3v) is 4.09. The fraction of sp³-hybridized carbons (Fsp3) is 0.462. The van der Waals surface area contributed by atoms with E-state index in [0.29, 0.717) is 12.1 Å². The van der Waals surface area contributed by atoms with Crippen LogP contribution in [0.4, 0.5) is 0 Å². The summed E-state index contributed by atoms with van der Waals surface area (Å²) < 4.78 is 22.8. The number of carbonyl (C=O) groups is 1. The molecule has 0 radical (unpaired) electrons. The van der Waals surface area contributed by atoms with Crippen molar-refractivity contribution in [3.8, 4) is 0 Å². The molecule has 106 valence electrons. The molecule has 1 N–H and O–H groups in total. The molecule has 1 aromatic rings. The second-order valence-electron chi connectivity index (χ2n) is 4.40. The van der Waals surface area contributed by atoms with Crippen molar-refractivity contribution < 1.29 is 13.2 Å². The van der Waals surface area contributed by atoms with E-state index < -0.39 is 9.84 Å². The fourth-order valence-electron chi connectivity index (χ4n) is 1.59. The molecular weight excluding hydrogens is 286 g/mol. The van der Waals surface area contributed by atoms with Crippen molar-refractivity contribution in [2.24, 2.45) is 0 Å². The van der Waals surface area contributed by atoms with E-state index in [2.05, 4.69) is 5.32 Å². The van der Waals surface area contributed by atoms with Gasteiger partial charge >= 0.3 is 0 Å². The molecule has 1 amide bonds. The largest absolute Gasteiger partial charge is 0.351 e. The molecule has 0 aliphatic carbocycles. The van der Waals surface area contributed by atoms with Crippen LogP contribution in [0, 0.1) is 0 Å². The second kappa shape index (κ2) is 6.91. The van der Waals surface area contributed by atoms with Crippen molar-refractivity contribution in [1.82, 2.24) is 5.32 Å². The fourth-order valence-corrected chi connectivity index (χ4v) is 2.55. The third-order valence-electron chi connectivity index (χ3n) is 2.61. The maximum atomic E-state index is 11.9. The van der Waals surface area contributed by atoms with Crippen LogP contribution in [0.25, 0.3) is 0 Å². The third kappa shape index (κ3) is 5.20. The number of benzene rings is 1. The highest BCUT2D eigenvalue weighted by molar-refractivity contribution is 7.90. The first-order valence-electron chi connectivity index (χ1n) is 6.07. The van der Waals surface area contributed by atoms with E-state index in [0.717, 1.165) is 19.1 Å². The topological polar surface area (TPSA) is 63.2 Å². The van der Waals surface area contributed by atoms with Crippen LogP contribution >= 0.6 is 11.6 Å². The maximum Gasteiger partial charge on any atom is 0.251 e. The van der Waals surface area contributed by atoms with E-state index in [9.17, 15) is 13.2 Å². The number of sulfone groups is 1. The van der Waals surface area contributed by atoms with E-state index in [1.54, 1.807) is 12.1 Å². The van der Waals surface area contributed by atoms with Gasteiger partial charge in [-0.3, -0.25) is 4.79 Å². The van der Waals surface area contributed by atoms with Gasteiger partial charge in [0, 0.05) is 18.4 Å². The second-order valence-corrected chi connectivity index (χ2v) is 7.03. The Hall–Kier alpha value is -1.07. The summed E-state index contributed by atoms with van der Waals surface area (Å²) in [6.07, 6.45) is 2.89. The minimum atomic E-state index is -3.30. The summed E-state index contributed by atoms with van der Waals surface area (Å²) in [6.45, 7) is 2.39. The van der Waals surface area contributed by atoms with Crippen LogP contribution < -0.4 is 5.32 Å². The first-order chi connectivity index (χ1) is 8.84. The van der Waals surface area contributed by atoms with Crippen LogP contribution in [-0.2, 0) is 9.84 Å². The highest BCUT2D eigenvalue weighted by Crippen LogP contribution is 2.11. The molecule has 0 saturated heterocycles. The van der Waals surface area contributed by atoms with Crippen LogP contribution in [-0.4, -0.2) is 32.5 Å². The summed E-state index contributed by atoms with van der Waals surface area (Å²) in [7, 11) is -3.30. The summed E-state index contributed by atoms with van der Waals surface area (Å²) in [5, 5.41) is 2.59. The molecule has 0 aliphatic rings. The Morgan fingerprint density at radius 1 is 1.42 bits per heavy atom. The predicted octanol–water partition coefficient (Wildman–Crippen LogP) is 2.23. The summed E-state index contributed by atoms with van der Waals surface area (Å²) >= 11 is 6.01. The van der Waals surface area contributed by atoms with E-state index in [4.69, 9.17) is 11.6 Å². The van der Waals surface area contributed by atoms with Gasteiger partial charge in [0.25, 0.3) is 5.91 Å². The lowest BCUT2D eigenvalue weighted by Crippen LogP contribution is -2.29. The van der Waals surface area contributed by atoms with Crippen molar-refractivity contribution in [2.75, 3.05) is 12.8 Å². The Labute approximate surface area is 119 Å². The Morgan fingerprint density at radius 2 is 2.11 bits per heavy atom. The van der Waals surface area contributed by atoms with E-state index in [-0.39, 0.29) is 16.2 Å². The van der Waals surface area contributed by atoms with Gasteiger partial charge < -0.3 is 5.32 Å². The predicted molar refractivity (Wildman–Crippen MR) is 76.4 cm³/mol. The lowest BCUT2D eigenvalue weighted by atomic mass is 10.2. The summed E-state index contributed by atoms with van der Waals surface area (Å²) in [6, 6.07) is 5.96. The minimum Gasteiger partial charge on any atom is -0.351 e. The van der Waals surface area contributed by atoms with Gasteiger partial charge in [-0.15, -0.1) is 11.6 Å². The lowest BCUT2D eigenvalue weighted by molar-refractivity contribution is 0.0953. The van der Waals surface area contributed by atoms with E-state index in [1.807, 2.05) is 6.92 Å². The minimum absolute atomic E-state index is 0.105. The Bertz CT molecular complexity index is 543. The Kier molecular flexibility index (Phi) is 5.82. The highest BCUT2D eigenvalue weighted by atomic mass is 35.5. The van der Waals surface area contributed by atoms with Gasteiger partial charge in [0.1, 0.15) is 0 Å². The first-order valence-corrected chi connectivity index (χ1v) is 8.39. The van der Waals surface area contributed by atoms with E-state index >= 15 is 0 Å². The molecule has 0 fully saturated rings. The van der Waals surface area contributed by atoms with Crippen LogP contribution in [0.1, 0.15) is 30.1 Å². The molecule has 1 unspecified atom stereocenters. The summed E-state index contributed by atoms with van der Waals surface area (Å²) in [5.41, 5.74) is 0.322. The van der Waals surface area contributed by atoms with Gasteiger partial charge in [0.2, 0.25) is 0 Å². The molecule has 4 nitrogen and oxygen atoms in total. The molecule has 0 saturated carbocycles. The normalized spacial score (nSPS) is 13.0. The van der Waals surface area contributed by atoms with Gasteiger partial charge in [-0.05, 0) is 24.6 Å². The molecule has 0 bridgehead atoms. The van der Waals surface area contributed by atoms with Crippen molar-refractivity contribution in [3.63, 3.8) is 0 Å². The van der Waals surface area contributed by atoms with Gasteiger partial charge in [0.05, 0.1) is 10.3 Å². The summed E-state index contributed by atoms with van der Waals surface area (Å²) in [5.74, 6) is -0.313. The number of hydrogen-bond acceptors (Lipinski definition) is 3. The molecule has 1 rings (SSSR count). The smallest absolute Gasteiger partial charge is 0.251 e. The average Bonchev–Trinajstić information content (AvgIpc) is 2.35. The molecule has 0 aromatic heterocycles. The Balaban J connectivity index is 2.73. The van der Waals surface area contributed by atoms with Crippen LogP contribution in [0.3, 0.4) is 0 Å². The SMILES string of the molecule is CCCC(Cl)CNC(=O)c1cccc(S(C)(=O)=O)c1. The van der Waals surface area contributed by atoms with Crippen LogP contribution in [0.5, 0.6) is 0 Å². The molecule has 0 heterocycles. The molecular formula is C13H18ClNO3S. The number of rotatable bonds is 6. The highest BCUT2D eigenvalue weighted by Gasteiger charge is 2.12. The standard InChI is InChI=1S/C13H18ClNO3S/c1-3-5-11(14)9-15-13(16)10-6-4-7-12(8-10)19(2,17)18/h4,6-8,11H,3,5,9H2,1-2H3,(H,15,16). The van der Waals surface area contributed by atoms with Crippen molar-refractivity contribution in [2.45, 2.75) is 30.0 Å². The summed E-state index contributed by atoms with van der Waals surface area (Å²) in [4.78, 5) is 12.0. The zero-order chi connectivity index (χ0) is 14.5. The molecule has 1 aromatic carbocycles. The number of alkyl halides is 1. The molecule has 1 atom stereocenters. The zero-order valence-corrected chi connectivity index (χ0v) is 12.6. The average molecular weight is 304 g/mol. The monoisotopic (exact) mass is 303 g/mol. The molecule has 6 heteroatoms. The van der Waals surface area contributed by atoms with Gasteiger partial charge in [-0.1, -0.05) is 19.4 Å².